The Bertz CT molecular complexity index is 268. The molecule has 1 fully saturated rings. The van der Waals surface area contributed by atoms with E-state index in [4.69, 9.17) is 9.84 Å². The van der Waals surface area contributed by atoms with Crippen LogP contribution in [0.4, 0.5) is 0 Å². The lowest BCUT2D eigenvalue weighted by atomic mass is 10.3. The highest BCUT2D eigenvalue weighted by molar-refractivity contribution is 5.87. The van der Waals surface area contributed by atoms with E-state index in [0.717, 1.165) is 13.1 Å². The highest BCUT2D eigenvalue weighted by atomic mass is 16.5. The maximum atomic E-state index is 10.1. The first-order valence-electron chi connectivity index (χ1n) is 3.96. The third-order valence-corrected chi connectivity index (χ3v) is 1.71. The fourth-order valence-electron chi connectivity index (χ4n) is 1.04. The van der Waals surface area contributed by atoms with Crippen molar-refractivity contribution in [3.8, 4) is 11.8 Å². The van der Waals surface area contributed by atoms with Crippen LogP contribution in [0.15, 0.2) is 12.3 Å². The highest BCUT2D eigenvalue weighted by Gasteiger charge is 2.09. The molecule has 1 N–H and O–H groups in total. The number of morpholine rings is 1. The van der Waals surface area contributed by atoms with Gasteiger partial charge in [-0.3, -0.25) is 0 Å². The second-order valence-corrected chi connectivity index (χ2v) is 2.60. The van der Waals surface area contributed by atoms with E-state index in [0.29, 0.717) is 18.9 Å². The molecule has 0 aromatic carbocycles. The molecule has 0 aromatic heterocycles. The van der Waals surface area contributed by atoms with Crippen LogP contribution in [0.25, 0.3) is 0 Å². The molecule has 0 amide bonds. The van der Waals surface area contributed by atoms with Crippen LogP contribution >= 0.6 is 0 Å². The van der Waals surface area contributed by atoms with Gasteiger partial charge < -0.3 is 14.7 Å². The molecular formula is C9H11NO3. The second kappa shape index (κ2) is 4.53. The van der Waals surface area contributed by atoms with Crippen molar-refractivity contribution in [1.29, 1.82) is 0 Å². The number of hydrogen-bond acceptors (Lipinski definition) is 3. The Morgan fingerprint density at radius 1 is 1.38 bits per heavy atom. The number of carboxylic acids is 1. The molecule has 0 bridgehead atoms. The fourth-order valence-corrected chi connectivity index (χ4v) is 1.04. The molecule has 1 heterocycles. The van der Waals surface area contributed by atoms with Crippen LogP contribution < -0.4 is 0 Å². The molecule has 0 unspecified atom stereocenters. The fraction of sp³-hybridized carbons (Fsp3) is 0.444. The minimum atomic E-state index is -1.13. The number of nitrogens with zero attached hydrogens (tertiary/aromatic N) is 1. The third kappa shape index (κ3) is 3.18. The summed E-state index contributed by atoms with van der Waals surface area (Å²) in [6, 6.07) is 0. The average molecular weight is 181 g/mol. The predicted molar refractivity (Wildman–Crippen MR) is 46.9 cm³/mol. The van der Waals surface area contributed by atoms with Gasteiger partial charge in [0.1, 0.15) is 0 Å². The number of hydrogen-bond donors (Lipinski definition) is 1. The Kier molecular flexibility index (Phi) is 3.35. The number of aliphatic carboxylic acids is 1. The molecule has 4 heteroatoms. The molecular weight excluding hydrogens is 170 g/mol. The molecule has 0 radical (unpaired) electrons. The summed E-state index contributed by atoms with van der Waals surface area (Å²) >= 11 is 0. The lowest BCUT2D eigenvalue weighted by molar-refractivity contribution is -0.130. The van der Waals surface area contributed by atoms with E-state index in [2.05, 4.69) is 12.5 Å². The summed E-state index contributed by atoms with van der Waals surface area (Å²) in [5, 5.41) is 8.30. The van der Waals surface area contributed by atoms with E-state index in [9.17, 15) is 4.79 Å². The van der Waals surface area contributed by atoms with Gasteiger partial charge in [0, 0.05) is 19.0 Å². The predicted octanol–water partition coefficient (Wildman–Crippen LogP) is -0.0797. The van der Waals surface area contributed by atoms with Crippen LogP contribution in [0.1, 0.15) is 0 Å². The average Bonchev–Trinajstić information content (AvgIpc) is 2.15. The molecule has 1 aliphatic rings. The Morgan fingerprint density at radius 2 is 2.00 bits per heavy atom. The highest BCUT2D eigenvalue weighted by Crippen LogP contribution is 2.03. The minimum Gasteiger partial charge on any atom is -0.472 e. The van der Waals surface area contributed by atoms with E-state index < -0.39 is 5.97 Å². The quantitative estimate of drug-likeness (QED) is 0.575. The largest absolute Gasteiger partial charge is 0.472 e. The van der Waals surface area contributed by atoms with Crippen LogP contribution in [-0.4, -0.2) is 42.3 Å². The van der Waals surface area contributed by atoms with E-state index in [1.54, 1.807) is 0 Å². The van der Waals surface area contributed by atoms with Crippen LogP contribution in [-0.2, 0) is 9.53 Å². The topological polar surface area (TPSA) is 49.8 Å². The molecule has 0 aromatic rings. The van der Waals surface area contributed by atoms with E-state index in [-0.39, 0.29) is 0 Å². The summed E-state index contributed by atoms with van der Waals surface area (Å²) in [4.78, 5) is 12.0. The normalized spacial score (nSPS) is 15.8. The number of allylic oxidation sites excluding steroid dienone is 1. The lowest BCUT2D eigenvalue weighted by Gasteiger charge is -2.27. The second-order valence-electron chi connectivity index (χ2n) is 2.60. The third-order valence-electron chi connectivity index (χ3n) is 1.71. The van der Waals surface area contributed by atoms with Crippen molar-refractivity contribution < 1.29 is 14.6 Å². The first-order chi connectivity index (χ1) is 6.20. The molecule has 70 valence electrons. The molecule has 13 heavy (non-hydrogen) atoms. The van der Waals surface area contributed by atoms with Crippen molar-refractivity contribution in [1.82, 2.24) is 4.90 Å². The summed E-state index contributed by atoms with van der Waals surface area (Å²) < 4.78 is 5.13. The van der Waals surface area contributed by atoms with E-state index >= 15 is 0 Å². The molecule has 0 aliphatic carbocycles. The summed E-state index contributed by atoms with van der Waals surface area (Å²) in [7, 11) is 0. The van der Waals surface area contributed by atoms with Gasteiger partial charge in [-0.2, -0.15) is 0 Å². The van der Waals surface area contributed by atoms with Gasteiger partial charge in [0.15, 0.2) is 0 Å². The SMILES string of the molecule is C=C(C#CC(=O)O)N1CCOCC1. The summed E-state index contributed by atoms with van der Waals surface area (Å²) in [6.45, 7) is 6.44. The van der Waals surface area contributed by atoms with Gasteiger partial charge in [0.2, 0.25) is 0 Å². The Hall–Kier alpha value is -1.47. The Balaban J connectivity index is 2.48. The van der Waals surface area contributed by atoms with Gasteiger partial charge in [-0.05, 0) is 5.92 Å². The molecule has 4 nitrogen and oxygen atoms in total. The van der Waals surface area contributed by atoms with Gasteiger partial charge in [0.05, 0.1) is 18.9 Å². The zero-order valence-electron chi connectivity index (χ0n) is 7.25. The Morgan fingerprint density at radius 3 is 2.54 bits per heavy atom. The standard InChI is InChI=1S/C9H11NO3/c1-8(2-3-9(11)12)10-4-6-13-7-5-10/h1,4-7H2,(H,11,12). The number of ether oxygens (including phenoxy) is 1. The van der Waals surface area contributed by atoms with Crippen LogP contribution in [0.5, 0.6) is 0 Å². The van der Waals surface area contributed by atoms with Crippen molar-refractivity contribution in [3.05, 3.63) is 12.3 Å². The monoisotopic (exact) mass is 181 g/mol. The van der Waals surface area contributed by atoms with Gasteiger partial charge in [-0.15, -0.1) is 0 Å². The smallest absolute Gasteiger partial charge is 0.382 e. The first kappa shape index (κ1) is 9.62. The van der Waals surface area contributed by atoms with Gasteiger partial charge in [0.25, 0.3) is 0 Å². The van der Waals surface area contributed by atoms with Gasteiger partial charge in [-0.25, -0.2) is 4.79 Å². The van der Waals surface area contributed by atoms with Crippen molar-refractivity contribution in [2.75, 3.05) is 26.3 Å². The molecule has 1 rings (SSSR count). The molecule has 0 atom stereocenters. The lowest BCUT2D eigenvalue weighted by Crippen LogP contribution is -2.34. The van der Waals surface area contributed by atoms with Crippen molar-refractivity contribution >= 4 is 5.97 Å². The molecule has 1 saturated heterocycles. The summed E-state index contributed by atoms with van der Waals surface area (Å²) in [6.07, 6.45) is 0. The first-order valence-corrected chi connectivity index (χ1v) is 3.96. The summed E-state index contributed by atoms with van der Waals surface area (Å²) in [5.41, 5.74) is 0.547. The van der Waals surface area contributed by atoms with Crippen molar-refractivity contribution in [2.24, 2.45) is 0 Å². The zero-order chi connectivity index (χ0) is 9.68. The van der Waals surface area contributed by atoms with E-state index in [1.165, 1.54) is 0 Å². The van der Waals surface area contributed by atoms with Crippen molar-refractivity contribution in [2.45, 2.75) is 0 Å². The number of carbonyl (C=O) groups is 1. The minimum absolute atomic E-state index is 0.547. The molecule has 1 aliphatic heterocycles. The van der Waals surface area contributed by atoms with Crippen molar-refractivity contribution in [3.63, 3.8) is 0 Å². The molecule has 0 saturated carbocycles. The number of rotatable bonds is 1. The van der Waals surface area contributed by atoms with Crippen LogP contribution in [0.2, 0.25) is 0 Å². The summed E-state index contributed by atoms with van der Waals surface area (Å²) in [5.74, 6) is 3.38. The Labute approximate surface area is 76.8 Å². The maximum absolute atomic E-state index is 10.1. The zero-order valence-corrected chi connectivity index (χ0v) is 7.25. The molecule has 0 spiro atoms. The number of carboxylic acid groups (broad SMARTS) is 1. The van der Waals surface area contributed by atoms with Gasteiger partial charge in [-0.1, -0.05) is 6.58 Å². The van der Waals surface area contributed by atoms with Crippen LogP contribution in [0, 0.1) is 11.8 Å². The van der Waals surface area contributed by atoms with Gasteiger partial charge >= 0.3 is 5.97 Å². The van der Waals surface area contributed by atoms with Crippen LogP contribution in [0.3, 0.4) is 0 Å². The van der Waals surface area contributed by atoms with E-state index in [1.807, 2.05) is 10.8 Å². The maximum Gasteiger partial charge on any atom is 0.382 e.